The third-order valence-electron chi connectivity index (χ3n) is 12.3. The smallest absolute Gasteiger partial charge is 0.210 e. The number of nitrogens with zero attached hydrogens (tertiary/aromatic N) is 4. The molecule has 0 spiro atoms. The van der Waals surface area contributed by atoms with Crippen LogP contribution in [-0.4, -0.2) is 63.7 Å². The highest BCUT2D eigenvalue weighted by Gasteiger charge is 2.41. The summed E-state index contributed by atoms with van der Waals surface area (Å²) >= 11 is 0. The maximum absolute atomic E-state index is 11.7. The largest absolute Gasteiger partial charge is 0.363 e. The first-order valence-corrected chi connectivity index (χ1v) is 17.5. The number of amides is 1. The van der Waals surface area contributed by atoms with Gasteiger partial charge >= 0.3 is 0 Å². The molecule has 3 fully saturated rings. The molecule has 3 aliphatic heterocycles. The van der Waals surface area contributed by atoms with E-state index < -0.39 is 0 Å². The van der Waals surface area contributed by atoms with Crippen molar-refractivity contribution in [2.75, 3.05) is 13.6 Å². The molecular weight excluding hydrogens is 568 g/mol. The topological polar surface area (TPSA) is 76.6 Å². The van der Waals surface area contributed by atoms with E-state index in [0.717, 1.165) is 54.9 Å². The number of nitrogens with one attached hydrogen (secondary N) is 2. The summed E-state index contributed by atoms with van der Waals surface area (Å²) in [6.45, 7) is 5.16. The van der Waals surface area contributed by atoms with Crippen molar-refractivity contribution in [3.8, 4) is 22.3 Å². The molecule has 236 valence electrons. The van der Waals surface area contributed by atoms with E-state index in [0.29, 0.717) is 23.9 Å². The summed E-state index contributed by atoms with van der Waals surface area (Å²) < 4.78 is 0. The van der Waals surface area contributed by atoms with E-state index in [2.05, 4.69) is 90.7 Å². The molecule has 2 aliphatic carbocycles. The lowest BCUT2D eigenvalue weighted by molar-refractivity contribution is -0.119. The van der Waals surface area contributed by atoms with Gasteiger partial charge < -0.3 is 15.2 Å². The second-order valence-corrected chi connectivity index (χ2v) is 14.7. The van der Waals surface area contributed by atoms with Gasteiger partial charge in [-0.2, -0.15) is 0 Å². The monoisotopic (exact) mass is 612 g/mol. The van der Waals surface area contributed by atoms with Crippen LogP contribution < -0.4 is 5.32 Å². The molecule has 7 heteroatoms. The van der Waals surface area contributed by atoms with Gasteiger partial charge in [0.15, 0.2) is 0 Å². The molecule has 7 nitrogen and oxygen atoms in total. The van der Waals surface area contributed by atoms with Crippen LogP contribution in [0.2, 0.25) is 0 Å². The number of rotatable bonds is 6. The molecule has 5 aliphatic rings. The van der Waals surface area contributed by atoms with Crippen LogP contribution in [-0.2, 0) is 4.79 Å². The number of amidine groups is 1. The molecule has 2 N–H and O–H groups in total. The number of H-pyrrole nitrogens is 1. The third kappa shape index (κ3) is 4.38. The zero-order chi connectivity index (χ0) is 31.1. The predicted octanol–water partition coefficient (Wildman–Crippen LogP) is 7.47. The van der Waals surface area contributed by atoms with Gasteiger partial charge in [0, 0.05) is 12.1 Å². The number of benzene rings is 3. The number of aliphatic imine (C=N–C) groups is 1. The van der Waals surface area contributed by atoms with Crippen LogP contribution >= 0.6 is 0 Å². The van der Waals surface area contributed by atoms with E-state index in [1.165, 1.54) is 53.5 Å². The molecule has 4 aromatic rings. The number of hydrogen-bond acceptors (Lipinski definition) is 5. The second-order valence-electron chi connectivity index (χ2n) is 14.7. The molecule has 1 amide bonds. The number of imidazole rings is 1. The van der Waals surface area contributed by atoms with Crippen LogP contribution in [0.15, 0.2) is 59.6 Å². The van der Waals surface area contributed by atoms with Gasteiger partial charge in [0.25, 0.3) is 0 Å². The maximum Gasteiger partial charge on any atom is 0.210 e. The Kier molecular flexibility index (Phi) is 6.64. The fourth-order valence-corrected chi connectivity index (χ4v) is 9.53. The van der Waals surface area contributed by atoms with E-state index in [1.807, 2.05) is 4.90 Å². The first-order chi connectivity index (χ1) is 22.5. The number of aromatic amines is 1. The van der Waals surface area contributed by atoms with Crippen molar-refractivity contribution >= 4 is 23.3 Å². The van der Waals surface area contributed by atoms with Crippen molar-refractivity contribution in [2.24, 2.45) is 4.99 Å². The molecular formula is C39H44N6O. The number of fused-ring (bicyclic) bond motifs is 6. The fraction of sp³-hybridized carbons (Fsp3) is 0.462. The molecule has 5 unspecified atom stereocenters. The number of hydrogen-bond donors (Lipinski definition) is 2. The molecule has 1 saturated carbocycles. The molecule has 9 rings (SSSR count). The normalized spacial score (nSPS) is 30.3. The number of aromatic nitrogens is 2. The Bertz CT molecular complexity index is 1860. The van der Waals surface area contributed by atoms with Crippen molar-refractivity contribution in [2.45, 2.75) is 101 Å². The van der Waals surface area contributed by atoms with Crippen molar-refractivity contribution in [1.82, 2.24) is 25.1 Å². The molecule has 2 saturated heterocycles. The van der Waals surface area contributed by atoms with E-state index in [4.69, 9.17) is 9.98 Å². The average Bonchev–Trinajstić information content (AvgIpc) is 3.93. The lowest BCUT2D eigenvalue weighted by atomic mass is 9.81. The zero-order valence-electron chi connectivity index (χ0n) is 27.2. The Morgan fingerprint density at radius 1 is 0.804 bits per heavy atom. The molecule has 1 aromatic heterocycles. The first-order valence-electron chi connectivity index (χ1n) is 17.5. The fourth-order valence-electron chi connectivity index (χ4n) is 9.53. The number of likely N-dealkylation sites (tertiary alicyclic amines) is 2. The van der Waals surface area contributed by atoms with Crippen LogP contribution in [0, 0.1) is 0 Å². The Morgan fingerprint density at radius 2 is 1.50 bits per heavy atom. The van der Waals surface area contributed by atoms with Crippen molar-refractivity contribution in [3.05, 3.63) is 77.1 Å². The summed E-state index contributed by atoms with van der Waals surface area (Å²) in [4.78, 5) is 29.7. The Morgan fingerprint density at radius 3 is 2.22 bits per heavy atom. The van der Waals surface area contributed by atoms with Crippen LogP contribution in [0.5, 0.6) is 0 Å². The lowest BCUT2D eigenvalue weighted by Crippen LogP contribution is -2.43. The van der Waals surface area contributed by atoms with Gasteiger partial charge in [0.2, 0.25) is 6.41 Å². The summed E-state index contributed by atoms with van der Waals surface area (Å²) in [6, 6.07) is 22.3. The molecule has 7 atom stereocenters. The third-order valence-corrected chi connectivity index (χ3v) is 12.3. The van der Waals surface area contributed by atoms with Crippen molar-refractivity contribution in [3.63, 3.8) is 0 Å². The van der Waals surface area contributed by atoms with E-state index in [9.17, 15) is 4.79 Å². The standard InChI is InChI=1S/C39H44N6O/c1-22-4-16-34(44(22)3)39-41-31-15-12-26(19-32(31)42-39)30-14-13-29(36-27-10-11-28(18-27)37(30)36)24-6-8-25(9-7-24)33-20-40-38(43-33)35-17-5-23(2)45(35)21-46/h6-9,12-15,19,21-23,27-28,33-35H,4-5,10-11,16-18,20H2,1-3H3,(H,40,43)(H,41,42)/t22-,23?,27?,28?,33?,34-,35?/m0/s1. The SMILES string of the molecule is CC1CCC(C2=NCC(c3ccc(-c4ccc(-c5ccc6nc([C@@H]7CC[C@H](C)N7C)[nH]c6c5)c5c4C4CCC5C4)cc3)N2)N1C=O. The lowest BCUT2D eigenvalue weighted by Gasteiger charge is -2.25. The molecule has 46 heavy (non-hydrogen) atoms. The van der Waals surface area contributed by atoms with Crippen LogP contribution in [0.25, 0.3) is 33.3 Å². The minimum absolute atomic E-state index is 0.0853. The van der Waals surface area contributed by atoms with E-state index >= 15 is 0 Å². The Labute approximate surface area is 271 Å². The summed E-state index contributed by atoms with van der Waals surface area (Å²) in [5.74, 6) is 3.38. The molecule has 3 aromatic carbocycles. The summed E-state index contributed by atoms with van der Waals surface area (Å²) in [5, 5.41) is 3.66. The summed E-state index contributed by atoms with van der Waals surface area (Å²) in [5.41, 5.74) is 12.0. The van der Waals surface area contributed by atoms with Crippen LogP contribution in [0.3, 0.4) is 0 Å². The van der Waals surface area contributed by atoms with Gasteiger partial charge in [-0.05, 0) is 129 Å². The van der Waals surface area contributed by atoms with Crippen molar-refractivity contribution in [1.29, 1.82) is 0 Å². The second kappa shape index (κ2) is 10.8. The van der Waals surface area contributed by atoms with Crippen LogP contribution in [0.1, 0.15) is 105 Å². The Balaban J connectivity index is 0.996. The molecule has 4 heterocycles. The summed E-state index contributed by atoms with van der Waals surface area (Å²) in [7, 11) is 2.23. The molecule has 0 radical (unpaired) electrons. The zero-order valence-corrected chi connectivity index (χ0v) is 27.2. The minimum Gasteiger partial charge on any atom is -0.363 e. The minimum atomic E-state index is 0.0853. The maximum atomic E-state index is 11.7. The van der Waals surface area contributed by atoms with Crippen LogP contribution in [0.4, 0.5) is 0 Å². The van der Waals surface area contributed by atoms with Gasteiger partial charge in [-0.25, -0.2) is 4.98 Å². The van der Waals surface area contributed by atoms with Gasteiger partial charge in [-0.3, -0.25) is 14.7 Å². The highest BCUT2D eigenvalue weighted by atomic mass is 16.1. The predicted molar refractivity (Wildman–Crippen MR) is 184 cm³/mol. The highest BCUT2D eigenvalue weighted by molar-refractivity contribution is 5.91. The summed E-state index contributed by atoms with van der Waals surface area (Å²) in [6.07, 6.45) is 9.27. The van der Waals surface area contributed by atoms with Crippen molar-refractivity contribution < 1.29 is 4.79 Å². The van der Waals surface area contributed by atoms with E-state index in [-0.39, 0.29) is 18.1 Å². The van der Waals surface area contributed by atoms with Gasteiger partial charge in [-0.1, -0.05) is 42.5 Å². The first kappa shape index (κ1) is 28.3. The van der Waals surface area contributed by atoms with Gasteiger partial charge in [-0.15, -0.1) is 0 Å². The quantitative estimate of drug-likeness (QED) is 0.222. The van der Waals surface area contributed by atoms with Gasteiger partial charge in [0.1, 0.15) is 11.7 Å². The number of carbonyl (C=O) groups excluding carboxylic acids is 1. The number of carbonyl (C=O) groups is 1. The molecule has 2 bridgehead atoms. The Hall–Kier alpha value is -3.97. The van der Waals surface area contributed by atoms with E-state index in [1.54, 1.807) is 11.1 Å². The van der Waals surface area contributed by atoms with Gasteiger partial charge in [0.05, 0.1) is 35.7 Å². The highest BCUT2D eigenvalue weighted by Crippen LogP contribution is 2.58. The average molecular weight is 613 g/mol.